The first-order chi connectivity index (χ1) is 17.2. The molecule has 9 heteroatoms. The van der Waals surface area contributed by atoms with Gasteiger partial charge in [-0.1, -0.05) is 0 Å². The minimum absolute atomic E-state index is 0. The van der Waals surface area contributed by atoms with Gasteiger partial charge in [-0.15, -0.1) is 0 Å². The molecule has 8 nitrogen and oxygen atoms in total. The molecule has 0 saturated carbocycles. The molecule has 3 aromatic rings. The van der Waals surface area contributed by atoms with Crippen molar-refractivity contribution >= 4 is 69.5 Å². The van der Waals surface area contributed by atoms with Crippen molar-refractivity contribution in [1.82, 2.24) is 19.9 Å². The van der Waals surface area contributed by atoms with Gasteiger partial charge in [0.25, 0.3) is 0 Å². The maximum absolute atomic E-state index is 12.7. The van der Waals surface area contributed by atoms with Crippen molar-refractivity contribution in [2.24, 2.45) is 0 Å². The molecule has 37 heavy (non-hydrogen) atoms. The van der Waals surface area contributed by atoms with Gasteiger partial charge < -0.3 is 9.97 Å². The van der Waals surface area contributed by atoms with E-state index in [1.54, 1.807) is 48.6 Å². The number of Topliss-reactive ketones (excluding diaryl/α,β-unsaturated/α-hetero) is 4. The van der Waals surface area contributed by atoms with E-state index in [1.807, 2.05) is 0 Å². The zero-order valence-electron chi connectivity index (χ0n) is 20.5. The summed E-state index contributed by atoms with van der Waals surface area (Å²) < 4.78 is 0. The van der Waals surface area contributed by atoms with Crippen molar-refractivity contribution in [3.05, 3.63) is 69.3 Å². The van der Waals surface area contributed by atoms with Gasteiger partial charge in [-0.25, -0.2) is 9.97 Å². The fourth-order valence-electron chi connectivity index (χ4n) is 4.69. The summed E-state index contributed by atoms with van der Waals surface area (Å²) in [5.41, 5.74) is 4.89. The molecule has 5 heterocycles. The topological polar surface area (TPSA) is 126 Å². The fourth-order valence-corrected chi connectivity index (χ4v) is 4.69. The molecular weight excluding hydrogens is 515 g/mol. The Bertz CT molecular complexity index is 1510. The van der Waals surface area contributed by atoms with Crippen molar-refractivity contribution < 1.29 is 35.7 Å². The maximum Gasteiger partial charge on any atom is 0.164 e. The molecule has 2 aliphatic heterocycles. The van der Waals surface area contributed by atoms with E-state index in [2.05, 4.69) is 19.9 Å². The van der Waals surface area contributed by atoms with E-state index < -0.39 is 0 Å². The summed E-state index contributed by atoms with van der Waals surface area (Å²) >= 11 is 0. The van der Waals surface area contributed by atoms with E-state index in [1.165, 1.54) is 27.7 Å². The van der Waals surface area contributed by atoms with Gasteiger partial charge in [-0.2, -0.15) is 0 Å². The molecular formula is C28H22N4NiO4. The van der Waals surface area contributed by atoms with E-state index in [0.29, 0.717) is 67.1 Å². The number of aromatic amines is 2. The summed E-state index contributed by atoms with van der Waals surface area (Å²) in [6.07, 6.45) is 6.74. The number of carbonyl (C=O) groups excluding carboxylic acids is 4. The van der Waals surface area contributed by atoms with Crippen LogP contribution < -0.4 is 0 Å². The smallest absolute Gasteiger partial charge is 0.164 e. The van der Waals surface area contributed by atoms with Crippen LogP contribution in [0.15, 0.2) is 24.3 Å². The Morgan fingerprint density at radius 1 is 0.486 bits per heavy atom. The predicted octanol–water partition coefficient (Wildman–Crippen LogP) is 5.46. The Hall–Kier alpha value is -4.23. The number of rotatable bonds is 4. The molecule has 0 spiro atoms. The fraction of sp³-hybridized carbons (Fsp3) is 0.143. The second-order valence-electron chi connectivity index (χ2n) is 8.73. The van der Waals surface area contributed by atoms with Gasteiger partial charge in [0.2, 0.25) is 0 Å². The Morgan fingerprint density at radius 2 is 0.703 bits per heavy atom. The Labute approximate surface area is 221 Å². The summed E-state index contributed by atoms with van der Waals surface area (Å²) in [4.78, 5) is 66.3. The zero-order chi connectivity index (χ0) is 25.7. The van der Waals surface area contributed by atoms with E-state index in [-0.39, 0.29) is 39.6 Å². The normalized spacial score (nSPS) is 11.8. The van der Waals surface area contributed by atoms with Crippen molar-refractivity contribution in [2.45, 2.75) is 27.7 Å². The number of hydrogen-bond donors (Lipinski definition) is 2. The van der Waals surface area contributed by atoms with E-state index in [0.717, 1.165) is 0 Å². The van der Waals surface area contributed by atoms with Crippen LogP contribution >= 0.6 is 0 Å². The number of aromatic nitrogens is 4. The van der Waals surface area contributed by atoms with Crippen LogP contribution in [-0.2, 0) is 16.5 Å². The van der Waals surface area contributed by atoms with E-state index in [4.69, 9.17) is 0 Å². The molecule has 0 aliphatic carbocycles. The Morgan fingerprint density at radius 3 is 0.892 bits per heavy atom. The second-order valence-corrected chi connectivity index (χ2v) is 8.73. The van der Waals surface area contributed by atoms with Crippen LogP contribution in [-0.4, -0.2) is 43.1 Å². The number of nitrogens with one attached hydrogen (secondary N) is 2. The molecule has 5 rings (SSSR count). The Balaban J connectivity index is 0.00000320. The molecule has 2 aliphatic rings. The molecule has 0 amide bonds. The molecule has 0 saturated heterocycles. The quantitative estimate of drug-likeness (QED) is 0.232. The van der Waals surface area contributed by atoms with Crippen molar-refractivity contribution in [3.8, 4) is 0 Å². The third-order valence-electron chi connectivity index (χ3n) is 6.16. The molecule has 3 aromatic heterocycles. The first-order valence-corrected chi connectivity index (χ1v) is 11.4. The molecule has 8 bridgehead atoms. The summed E-state index contributed by atoms with van der Waals surface area (Å²) in [6.45, 7) is 5.76. The third-order valence-corrected chi connectivity index (χ3v) is 6.16. The summed E-state index contributed by atoms with van der Waals surface area (Å²) in [5.74, 6) is -0.891. The van der Waals surface area contributed by atoms with Crippen LogP contribution in [0, 0.1) is 0 Å². The number of H-pyrrole nitrogens is 2. The van der Waals surface area contributed by atoms with Crippen LogP contribution in [0.2, 0.25) is 0 Å². The number of nitrogens with zero attached hydrogens (tertiary/aromatic N) is 2. The van der Waals surface area contributed by atoms with Gasteiger partial charge >= 0.3 is 0 Å². The maximum atomic E-state index is 12.7. The minimum atomic E-state index is -0.223. The first-order valence-electron chi connectivity index (χ1n) is 11.4. The molecule has 0 fully saturated rings. The van der Waals surface area contributed by atoms with Gasteiger partial charge in [0, 0.05) is 16.5 Å². The molecule has 0 unspecified atom stereocenters. The Kier molecular flexibility index (Phi) is 6.76. The van der Waals surface area contributed by atoms with E-state index >= 15 is 0 Å². The van der Waals surface area contributed by atoms with Crippen LogP contribution in [0.5, 0.6) is 0 Å². The van der Waals surface area contributed by atoms with Gasteiger partial charge in [-0.05, 0) is 76.3 Å². The third kappa shape index (κ3) is 4.43. The second kappa shape index (κ2) is 9.67. The molecule has 0 atom stereocenters. The van der Waals surface area contributed by atoms with Crippen molar-refractivity contribution in [1.29, 1.82) is 0 Å². The number of hydrogen-bond acceptors (Lipinski definition) is 6. The van der Waals surface area contributed by atoms with Crippen LogP contribution in [0.4, 0.5) is 0 Å². The van der Waals surface area contributed by atoms with E-state index in [9.17, 15) is 19.2 Å². The van der Waals surface area contributed by atoms with Gasteiger partial charge in [0.1, 0.15) is 0 Å². The SMILES string of the molecule is CC(=O)c1c2nc(c(C(C)=O)c3ccc([nH]3)c(C(C)=O)c3nc(c(C(C)=O)c4ccc1[nH]4)C=C3)C=C2.[Ni]. The summed E-state index contributed by atoms with van der Waals surface area (Å²) in [7, 11) is 0. The monoisotopic (exact) mass is 536 g/mol. The summed E-state index contributed by atoms with van der Waals surface area (Å²) in [6, 6.07) is 6.85. The first kappa shape index (κ1) is 25.9. The minimum Gasteiger partial charge on any atom is -0.354 e. The standard InChI is InChI=1S/C28H22N4O4.Ni/c1-13(33)25-17-5-7-19(29-17)26(14(2)34)21-9-11-23(31-21)28(16(4)36)24-12-10-22(32-24)27(15(3)35)20-8-6-18(25)30-20;/h5-12,29,32H,1-4H3;. The predicted molar refractivity (Wildman–Crippen MR) is 139 cm³/mol. The van der Waals surface area contributed by atoms with Gasteiger partial charge in [0.15, 0.2) is 23.1 Å². The van der Waals surface area contributed by atoms with Gasteiger partial charge in [-0.3, -0.25) is 19.2 Å². The van der Waals surface area contributed by atoms with Crippen molar-refractivity contribution in [2.75, 3.05) is 0 Å². The summed E-state index contributed by atoms with van der Waals surface area (Å²) in [5, 5.41) is 0. The average Bonchev–Trinajstić information content (AvgIpc) is 3.57. The number of carbonyl (C=O) groups is 4. The van der Waals surface area contributed by atoms with Crippen LogP contribution in [0.1, 0.15) is 91.9 Å². The molecule has 188 valence electrons. The average molecular weight is 537 g/mol. The van der Waals surface area contributed by atoms with Crippen molar-refractivity contribution in [3.63, 3.8) is 0 Å². The van der Waals surface area contributed by atoms with Gasteiger partial charge in [0.05, 0.1) is 67.1 Å². The number of fused-ring (bicyclic) bond motifs is 8. The molecule has 2 N–H and O–H groups in total. The number of ketones is 4. The van der Waals surface area contributed by atoms with Crippen LogP contribution in [0.25, 0.3) is 46.4 Å². The molecule has 0 radical (unpaired) electrons. The van der Waals surface area contributed by atoms with Crippen LogP contribution in [0.3, 0.4) is 0 Å². The largest absolute Gasteiger partial charge is 0.354 e. The zero-order valence-corrected chi connectivity index (χ0v) is 21.5. The molecule has 0 aromatic carbocycles.